The first-order chi connectivity index (χ1) is 18.9. The van der Waals surface area contributed by atoms with Gasteiger partial charge in [0.05, 0.1) is 17.8 Å². The minimum absolute atomic E-state index is 0.0229. The standard InChI is InChI=1S/C32H35N5OS/c1-5-24-13-9-10-16-26(24)34-28(38)18-20-36-31(30(35-32(36)39)27-17-11-12-19-33-27)29-21(2)22(3)37(23(29)4)25-14-7-6-8-15-25/h6-17,19,30-31H,5,18,20H2,1-4H3,(H,34,38)(H,35,39)/t30-,31-/m1/s1. The van der Waals surface area contributed by atoms with Crippen LogP contribution in [0.25, 0.3) is 5.69 Å². The zero-order valence-electron chi connectivity index (χ0n) is 22.9. The first-order valence-electron chi connectivity index (χ1n) is 13.5. The molecule has 2 aromatic carbocycles. The molecule has 2 atom stereocenters. The van der Waals surface area contributed by atoms with E-state index < -0.39 is 0 Å². The Morgan fingerprint density at radius 3 is 2.41 bits per heavy atom. The summed E-state index contributed by atoms with van der Waals surface area (Å²) in [6, 6.07) is 24.1. The van der Waals surface area contributed by atoms with E-state index in [-0.39, 0.29) is 18.0 Å². The Balaban J connectivity index is 1.49. The number of benzene rings is 2. The van der Waals surface area contributed by atoms with Gasteiger partial charge in [-0.2, -0.15) is 0 Å². The molecule has 2 N–H and O–H groups in total. The highest BCUT2D eigenvalue weighted by Crippen LogP contribution is 2.43. The van der Waals surface area contributed by atoms with Crippen LogP contribution in [0.2, 0.25) is 0 Å². The van der Waals surface area contributed by atoms with Crippen molar-refractivity contribution in [1.29, 1.82) is 0 Å². The highest BCUT2D eigenvalue weighted by atomic mass is 32.1. The zero-order chi connectivity index (χ0) is 27.5. The van der Waals surface area contributed by atoms with Crippen molar-refractivity contribution < 1.29 is 4.79 Å². The van der Waals surface area contributed by atoms with Crippen LogP contribution >= 0.6 is 12.2 Å². The van der Waals surface area contributed by atoms with E-state index >= 15 is 0 Å². The molecule has 1 fully saturated rings. The number of thiocarbonyl (C=S) groups is 1. The number of rotatable bonds is 8. The molecule has 200 valence electrons. The van der Waals surface area contributed by atoms with Crippen molar-refractivity contribution in [2.75, 3.05) is 11.9 Å². The molecule has 2 aromatic heterocycles. The minimum atomic E-state index is -0.133. The number of nitrogens with zero attached hydrogens (tertiary/aromatic N) is 3. The summed E-state index contributed by atoms with van der Waals surface area (Å²) in [4.78, 5) is 20.0. The topological polar surface area (TPSA) is 62.2 Å². The summed E-state index contributed by atoms with van der Waals surface area (Å²) in [6.45, 7) is 9.11. The van der Waals surface area contributed by atoms with E-state index in [0.717, 1.165) is 29.1 Å². The van der Waals surface area contributed by atoms with E-state index in [1.807, 2.05) is 54.7 Å². The summed E-state index contributed by atoms with van der Waals surface area (Å²) < 4.78 is 2.31. The Labute approximate surface area is 236 Å². The number of anilines is 1. The molecule has 0 bridgehead atoms. The molecule has 1 amide bonds. The lowest BCUT2D eigenvalue weighted by atomic mass is 9.93. The second kappa shape index (κ2) is 11.4. The molecule has 0 saturated carbocycles. The number of hydrogen-bond donors (Lipinski definition) is 2. The van der Waals surface area contributed by atoms with Crippen LogP contribution in [0.3, 0.4) is 0 Å². The monoisotopic (exact) mass is 537 g/mol. The molecule has 7 heteroatoms. The third-order valence-corrected chi connectivity index (χ3v) is 8.12. The van der Waals surface area contributed by atoms with Crippen LogP contribution in [-0.4, -0.2) is 32.0 Å². The first-order valence-corrected chi connectivity index (χ1v) is 13.9. The van der Waals surface area contributed by atoms with Gasteiger partial charge in [-0.05, 0) is 80.9 Å². The van der Waals surface area contributed by atoms with Gasteiger partial charge in [-0.25, -0.2) is 0 Å². The average molecular weight is 538 g/mol. The van der Waals surface area contributed by atoms with Crippen LogP contribution in [0.5, 0.6) is 0 Å². The van der Waals surface area contributed by atoms with Crippen LogP contribution in [0.15, 0.2) is 79.0 Å². The highest BCUT2D eigenvalue weighted by molar-refractivity contribution is 7.80. The van der Waals surface area contributed by atoms with Crippen molar-refractivity contribution in [3.05, 3.63) is 113 Å². The lowest BCUT2D eigenvalue weighted by molar-refractivity contribution is -0.116. The molecule has 0 unspecified atom stereocenters. The van der Waals surface area contributed by atoms with E-state index in [4.69, 9.17) is 12.2 Å². The zero-order valence-corrected chi connectivity index (χ0v) is 23.8. The van der Waals surface area contributed by atoms with Crippen molar-refractivity contribution >= 4 is 28.9 Å². The molecule has 39 heavy (non-hydrogen) atoms. The Hall–Kier alpha value is -3.97. The van der Waals surface area contributed by atoms with Crippen molar-refractivity contribution in [2.24, 2.45) is 0 Å². The number of aryl methyl sites for hydroxylation is 1. The molecule has 4 aromatic rings. The molecule has 0 radical (unpaired) electrons. The van der Waals surface area contributed by atoms with Crippen molar-refractivity contribution in [3.63, 3.8) is 0 Å². The molecule has 1 aliphatic heterocycles. The van der Waals surface area contributed by atoms with Crippen molar-refractivity contribution in [1.82, 2.24) is 19.8 Å². The fourth-order valence-corrected chi connectivity index (χ4v) is 6.08. The number of carbonyl (C=O) groups is 1. The predicted octanol–water partition coefficient (Wildman–Crippen LogP) is 6.36. The maximum absolute atomic E-state index is 13.1. The Kier molecular flexibility index (Phi) is 7.79. The van der Waals surface area contributed by atoms with Gasteiger partial charge in [0.1, 0.15) is 0 Å². The Morgan fingerprint density at radius 1 is 0.974 bits per heavy atom. The molecular weight excluding hydrogens is 502 g/mol. The van der Waals surface area contributed by atoms with Gasteiger partial charge in [-0.3, -0.25) is 9.78 Å². The van der Waals surface area contributed by atoms with E-state index in [0.29, 0.717) is 18.1 Å². The van der Waals surface area contributed by atoms with Crippen molar-refractivity contribution in [3.8, 4) is 5.69 Å². The van der Waals surface area contributed by atoms with Crippen LogP contribution in [0.1, 0.15) is 59.2 Å². The van der Waals surface area contributed by atoms with Crippen molar-refractivity contribution in [2.45, 2.75) is 52.6 Å². The van der Waals surface area contributed by atoms with Gasteiger partial charge in [-0.15, -0.1) is 0 Å². The normalized spacial score (nSPS) is 16.8. The van der Waals surface area contributed by atoms with Gasteiger partial charge >= 0.3 is 0 Å². The largest absolute Gasteiger partial charge is 0.352 e. The lowest BCUT2D eigenvalue weighted by Gasteiger charge is -2.29. The summed E-state index contributed by atoms with van der Waals surface area (Å²) in [5.74, 6) is -0.0229. The molecule has 0 spiro atoms. The van der Waals surface area contributed by atoms with Crippen LogP contribution in [0, 0.1) is 20.8 Å². The molecule has 6 nitrogen and oxygen atoms in total. The second-order valence-corrected chi connectivity index (χ2v) is 10.4. The summed E-state index contributed by atoms with van der Waals surface area (Å²) in [5.41, 5.74) is 8.86. The minimum Gasteiger partial charge on any atom is -0.352 e. The van der Waals surface area contributed by atoms with E-state index in [1.165, 1.54) is 22.5 Å². The fourth-order valence-electron chi connectivity index (χ4n) is 5.75. The molecule has 5 rings (SSSR count). The molecule has 0 aliphatic carbocycles. The van der Waals surface area contributed by atoms with E-state index in [2.05, 4.69) is 77.0 Å². The van der Waals surface area contributed by atoms with Crippen LogP contribution in [0.4, 0.5) is 5.69 Å². The Bertz CT molecular complexity index is 1480. The van der Waals surface area contributed by atoms with E-state index in [9.17, 15) is 4.79 Å². The number of carbonyl (C=O) groups excluding carboxylic acids is 1. The molecule has 3 heterocycles. The van der Waals surface area contributed by atoms with Gasteiger partial charge in [0, 0.05) is 47.5 Å². The highest BCUT2D eigenvalue weighted by Gasteiger charge is 2.42. The van der Waals surface area contributed by atoms with Gasteiger partial charge in [0.2, 0.25) is 5.91 Å². The number of para-hydroxylation sites is 2. The summed E-state index contributed by atoms with van der Waals surface area (Å²) in [5, 5.41) is 7.29. The number of nitrogens with one attached hydrogen (secondary N) is 2. The quantitative estimate of drug-likeness (QED) is 0.256. The van der Waals surface area contributed by atoms with Crippen LogP contribution < -0.4 is 10.6 Å². The maximum atomic E-state index is 13.1. The number of amides is 1. The van der Waals surface area contributed by atoms with Gasteiger partial charge in [0.15, 0.2) is 5.11 Å². The Morgan fingerprint density at radius 2 is 1.69 bits per heavy atom. The first kappa shape index (κ1) is 26.6. The number of aromatic nitrogens is 2. The SMILES string of the molecule is CCc1ccccc1NC(=O)CCN1C(=S)N[C@H](c2ccccn2)[C@H]1c1c(C)c(C)n(-c2ccccc2)c1C. The van der Waals surface area contributed by atoms with Crippen LogP contribution in [-0.2, 0) is 11.2 Å². The third kappa shape index (κ3) is 5.19. The summed E-state index contributed by atoms with van der Waals surface area (Å²) in [7, 11) is 0. The summed E-state index contributed by atoms with van der Waals surface area (Å²) >= 11 is 5.88. The number of pyridine rings is 1. The van der Waals surface area contributed by atoms with E-state index in [1.54, 1.807) is 0 Å². The third-order valence-electron chi connectivity index (χ3n) is 7.77. The predicted molar refractivity (Wildman–Crippen MR) is 161 cm³/mol. The maximum Gasteiger partial charge on any atom is 0.226 e. The van der Waals surface area contributed by atoms with Gasteiger partial charge in [0.25, 0.3) is 0 Å². The summed E-state index contributed by atoms with van der Waals surface area (Å²) in [6.07, 6.45) is 3.00. The molecule has 1 aliphatic rings. The molecule has 1 saturated heterocycles. The van der Waals surface area contributed by atoms with Gasteiger partial charge < -0.3 is 20.1 Å². The lowest BCUT2D eigenvalue weighted by Crippen LogP contribution is -2.33. The second-order valence-electron chi connectivity index (χ2n) is 10.0. The van der Waals surface area contributed by atoms with Gasteiger partial charge in [-0.1, -0.05) is 49.4 Å². The number of hydrogen-bond acceptors (Lipinski definition) is 3. The smallest absolute Gasteiger partial charge is 0.226 e. The average Bonchev–Trinajstić information content (AvgIpc) is 3.39. The molecular formula is C32H35N5OS. The fraction of sp³-hybridized carbons (Fsp3) is 0.281.